The quantitative estimate of drug-likeness (QED) is 0.0208. The van der Waals surface area contributed by atoms with Crippen molar-refractivity contribution >= 4 is 0 Å². The van der Waals surface area contributed by atoms with Crippen molar-refractivity contribution < 1.29 is 34.3 Å². The van der Waals surface area contributed by atoms with Crippen LogP contribution in [0.5, 0.6) is 0 Å². The van der Waals surface area contributed by atoms with Gasteiger partial charge in [0.25, 0.3) is 0 Å². The normalized spacial score (nSPS) is 15.6. The largest absolute Gasteiger partial charge is 0.495 e. The molecule has 0 aliphatic heterocycles. The van der Waals surface area contributed by atoms with Gasteiger partial charge in [0, 0.05) is 39.1 Å². The maximum absolute atomic E-state index is 7.35. The summed E-state index contributed by atoms with van der Waals surface area (Å²) in [7, 11) is 0. The zero-order valence-electron chi connectivity index (χ0n) is 43.5. The Morgan fingerprint density at radius 1 is 0.571 bits per heavy atom. The van der Waals surface area contributed by atoms with Gasteiger partial charge in [0.15, 0.2) is 6.29 Å². The predicted molar refractivity (Wildman–Crippen MR) is 275 cm³/mol. The zero-order chi connectivity index (χ0) is 47.7. The maximum atomic E-state index is 7.35. The van der Waals surface area contributed by atoms with Crippen LogP contribution in [0.4, 0.5) is 0 Å². The molecule has 0 radical (unpaired) electrons. The van der Waals surface area contributed by atoms with Crippen LogP contribution in [0.15, 0.2) is 36.6 Å². The molecule has 0 aromatic carbocycles. The second kappa shape index (κ2) is 62.8. The SMILES string of the molecule is C=C(CCC(OCCCCCCCC)OCCCCCCCC)OC1CC(OCCCC)CC1CCCCCCC/C=C\C/C=C\CCCCC.CCC.CCC.NCO.OCO. The molecule has 0 saturated heterocycles. The number of hydrogen-bond acceptors (Lipinski definition) is 8. The first-order valence-electron chi connectivity index (χ1n) is 26.8. The van der Waals surface area contributed by atoms with Crippen molar-refractivity contribution in [3.05, 3.63) is 36.6 Å². The molecule has 0 spiro atoms. The van der Waals surface area contributed by atoms with Crippen LogP contribution >= 0.6 is 0 Å². The Hall–Kier alpha value is -1.26. The minimum Gasteiger partial charge on any atom is -0.495 e. The fraction of sp³-hybridized carbons (Fsp3) is 0.891. The lowest BCUT2D eigenvalue weighted by atomic mass is 9.97. The molecule has 3 atom stereocenters. The predicted octanol–water partition coefficient (Wildman–Crippen LogP) is 15.8. The lowest BCUT2D eigenvalue weighted by molar-refractivity contribution is -0.148. The van der Waals surface area contributed by atoms with E-state index < -0.39 is 6.79 Å². The van der Waals surface area contributed by atoms with Gasteiger partial charge in [-0.1, -0.05) is 208 Å². The summed E-state index contributed by atoms with van der Waals surface area (Å²) >= 11 is 0. The average Bonchev–Trinajstić information content (AvgIpc) is 3.64. The Labute approximate surface area is 394 Å². The summed E-state index contributed by atoms with van der Waals surface area (Å²) < 4.78 is 25.6. The number of unbranched alkanes of at least 4 members (excludes halogenated alkanes) is 19. The Balaban J connectivity index is -0.00000129. The molecule has 63 heavy (non-hydrogen) atoms. The highest BCUT2D eigenvalue weighted by Gasteiger charge is 2.36. The molecule has 380 valence electrons. The summed E-state index contributed by atoms with van der Waals surface area (Å²) in [5.74, 6) is 1.46. The third kappa shape index (κ3) is 58.7. The average molecular weight is 901 g/mol. The van der Waals surface area contributed by atoms with Gasteiger partial charge < -0.3 is 40.0 Å². The molecule has 1 fully saturated rings. The van der Waals surface area contributed by atoms with E-state index in [4.69, 9.17) is 34.3 Å². The van der Waals surface area contributed by atoms with E-state index in [1.807, 2.05) is 0 Å². The fourth-order valence-corrected chi connectivity index (χ4v) is 7.19. The molecule has 1 saturated carbocycles. The van der Waals surface area contributed by atoms with E-state index in [1.165, 1.54) is 154 Å². The van der Waals surface area contributed by atoms with Crippen molar-refractivity contribution in [3.8, 4) is 0 Å². The Bertz CT molecular complexity index is 844. The van der Waals surface area contributed by atoms with Gasteiger partial charge in [-0.15, -0.1) is 0 Å². The molecule has 0 amide bonds. The fourth-order valence-electron chi connectivity index (χ4n) is 7.19. The van der Waals surface area contributed by atoms with Crippen LogP contribution < -0.4 is 5.73 Å². The van der Waals surface area contributed by atoms with Crippen molar-refractivity contribution in [2.75, 3.05) is 33.3 Å². The number of rotatable bonds is 39. The van der Waals surface area contributed by atoms with Gasteiger partial charge in [-0.25, -0.2) is 0 Å². The number of aliphatic hydroxyl groups is 3. The molecule has 5 N–H and O–H groups in total. The summed E-state index contributed by atoms with van der Waals surface area (Å²) in [4.78, 5) is 0. The van der Waals surface area contributed by atoms with E-state index in [0.29, 0.717) is 12.0 Å². The van der Waals surface area contributed by atoms with Crippen LogP contribution in [0.3, 0.4) is 0 Å². The standard InChI is InChI=1S/C47H88O4.2C3H8.CH5NO.CH4O2/c1-6-10-14-17-20-21-22-23-24-25-26-27-28-29-32-35-44-41-45(48-38-13-9-4)42-46(44)51-43(5)36-37-47(49-39-33-30-18-15-11-7-2)50-40-34-31-19-16-12-8-3;2*1-3-2;2*2-1-3/h20-21,23-24,44-47H,5-19,22,25-42H2,1-4H3;2*3H2,1-2H3;3H,1-2H2;2-3H,1H2/b21-20-,24-23-;;;;. The van der Waals surface area contributed by atoms with Crippen LogP contribution in [-0.2, 0) is 18.9 Å². The molecule has 1 aliphatic rings. The van der Waals surface area contributed by atoms with E-state index in [2.05, 4.69) is 92.0 Å². The van der Waals surface area contributed by atoms with Crippen LogP contribution in [0.25, 0.3) is 0 Å². The number of nitrogens with two attached hydrogens (primary N) is 1. The van der Waals surface area contributed by atoms with Crippen molar-refractivity contribution in [2.45, 2.75) is 279 Å². The summed E-state index contributed by atoms with van der Waals surface area (Å²) in [5.41, 5.74) is 4.40. The molecule has 0 heterocycles. The van der Waals surface area contributed by atoms with E-state index in [9.17, 15) is 0 Å². The van der Waals surface area contributed by atoms with Gasteiger partial charge in [-0.2, -0.15) is 0 Å². The summed E-state index contributed by atoms with van der Waals surface area (Å²) in [5, 5.41) is 21.6. The van der Waals surface area contributed by atoms with Crippen molar-refractivity contribution in [1.82, 2.24) is 0 Å². The van der Waals surface area contributed by atoms with Crippen molar-refractivity contribution in [3.63, 3.8) is 0 Å². The highest BCUT2D eigenvalue weighted by Crippen LogP contribution is 2.36. The smallest absolute Gasteiger partial charge is 0.157 e. The van der Waals surface area contributed by atoms with Crippen molar-refractivity contribution in [1.29, 1.82) is 0 Å². The van der Waals surface area contributed by atoms with E-state index in [-0.39, 0.29) is 19.1 Å². The number of ether oxygens (including phenoxy) is 4. The molecule has 0 aromatic rings. The van der Waals surface area contributed by atoms with Crippen LogP contribution in [0.2, 0.25) is 0 Å². The molecule has 1 rings (SSSR count). The van der Waals surface area contributed by atoms with Gasteiger partial charge in [0.05, 0.1) is 18.6 Å². The van der Waals surface area contributed by atoms with Gasteiger partial charge in [-0.3, -0.25) is 0 Å². The first kappa shape index (κ1) is 68.3. The maximum Gasteiger partial charge on any atom is 0.157 e. The third-order valence-electron chi connectivity index (χ3n) is 10.5. The monoisotopic (exact) mass is 900 g/mol. The second-order valence-electron chi connectivity index (χ2n) is 17.3. The second-order valence-corrected chi connectivity index (χ2v) is 17.3. The molecule has 3 unspecified atom stereocenters. The first-order valence-corrected chi connectivity index (χ1v) is 26.8. The van der Waals surface area contributed by atoms with Crippen molar-refractivity contribution in [2.24, 2.45) is 11.7 Å². The minimum atomic E-state index is -0.750. The molecule has 8 nitrogen and oxygen atoms in total. The molecule has 8 heteroatoms. The van der Waals surface area contributed by atoms with Crippen LogP contribution in [0, 0.1) is 5.92 Å². The number of aliphatic hydroxyl groups excluding tert-OH is 2. The Kier molecular flexibility index (Phi) is 68.1. The summed E-state index contributed by atoms with van der Waals surface area (Å²) in [6.07, 6.45) is 49.1. The van der Waals surface area contributed by atoms with E-state index in [0.717, 1.165) is 76.9 Å². The highest BCUT2D eigenvalue weighted by molar-refractivity contribution is 4.93. The zero-order valence-corrected chi connectivity index (χ0v) is 43.5. The van der Waals surface area contributed by atoms with Crippen LogP contribution in [0.1, 0.15) is 261 Å². The summed E-state index contributed by atoms with van der Waals surface area (Å²) in [6, 6.07) is 0. The summed E-state index contributed by atoms with van der Waals surface area (Å²) in [6.45, 7) is 23.4. The van der Waals surface area contributed by atoms with E-state index in [1.54, 1.807) is 0 Å². The lowest BCUT2D eigenvalue weighted by Crippen LogP contribution is -2.21. The van der Waals surface area contributed by atoms with Gasteiger partial charge >= 0.3 is 0 Å². The minimum absolute atomic E-state index is 0.159. The highest BCUT2D eigenvalue weighted by atomic mass is 16.7. The molecule has 0 aromatic heterocycles. The molecular formula is C55H113NO7. The number of allylic oxidation sites excluding steroid dienone is 5. The van der Waals surface area contributed by atoms with Gasteiger partial charge in [-0.05, 0) is 70.1 Å². The Morgan fingerprint density at radius 3 is 1.48 bits per heavy atom. The number of hydrogen-bond donors (Lipinski definition) is 4. The topological polar surface area (TPSA) is 124 Å². The third-order valence-corrected chi connectivity index (χ3v) is 10.5. The first-order chi connectivity index (χ1) is 30.8. The van der Waals surface area contributed by atoms with Crippen LogP contribution in [-0.4, -0.2) is 67.2 Å². The van der Waals surface area contributed by atoms with Gasteiger partial charge in [0.1, 0.15) is 12.9 Å². The molecule has 0 bridgehead atoms. The van der Waals surface area contributed by atoms with E-state index >= 15 is 0 Å². The lowest BCUT2D eigenvalue weighted by Gasteiger charge is -2.24. The Morgan fingerprint density at radius 2 is 0.984 bits per heavy atom. The molecular weight excluding hydrogens is 787 g/mol. The molecule has 1 aliphatic carbocycles. The van der Waals surface area contributed by atoms with Gasteiger partial charge in [0.2, 0.25) is 0 Å².